The first kappa shape index (κ1) is 13.2. The largest absolute Gasteiger partial charge is 0.373 e. The molecule has 0 atom stereocenters. The Labute approximate surface area is 113 Å². The average Bonchev–Trinajstić information content (AvgIpc) is 2.46. The number of para-hydroxylation sites is 1. The molecule has 0 radical (unpaired) electrons. The summed E-state index contributed by atoms with van der Waals surface area (Å²) in [6.07, 6.45) is 4.80. The second-order valence-electron chi connectivity index (χ2n) is 4.12. The normalized spacial score (nSPS) is 12.3. The number of nitrogens with one attached hydrogen (secondary N) is 1. The number of hydrogen-bond acceptors (Lipinski definition) is 4. The van der Waals surface area contributed by atoms with Crippen LogP contribution in [0.5, 0.6) is 0 Å². The molecule has 1 heterocycles. The minimum Gasteiger partial charge on any atom is -0.373 e. The minimum atomic E-state index is 0.704. The Balaban J connectivity index is 2.64. The lowest BCUT2D eigenvalue weighted by molar-refractivity contribution is 1.15. The lowest BCUT2D eigenvalue weighted by Gasteiger charge is -2.08. The number of allylic oxidation sites excluding steroid dienone is 2. The zero-order chi connectivity index (χ0) is 13.7. The van der Waals surface area contributed by atoms with Gasteiger partial charge in [0.05, 0.1) is 5.52 Å². The molecule has 19 heavy (non-hydrogen) atoms. The summed E-state index contributed by atoms with van der Waals surface area (Å²) in [5.41, 5.74) is 1.88. The summed E-state index contributed by atoms with van der Waals surface area (Å²) >= 11 is 0. The number of fused-ring (bicyclic) bond motifs is 1. The van der Waals surface area contributed by atoms with E-state index in [0.717, 1.165) is 28.7 Å². The maximum atomic E-state index is 4.61. The monoisotopic (exact) mass is 254 g/mol. The van der Waals surface area contributed by atoms with Gasteiger partial charge in [-0.25, -0.2) is 9.97 Å². The summed E-state index contributed by atoms with van der Waals surface area (Å²) in [6.45, 7) is 2.09. The maximum Gasteiger partial charge on any atom is 0.163 e. The van der Waals surface area contributed by atoms with Crippen molar-refractivity contribution in [3.8, 4) is 0 Å². The maximum absolute atomic E-state index is 4.61. The Bertz CT molecular complexity index is 629. The second-order valence-corrected chi connectivity index (χ2v) is 4.12. The minimum absolute atomic E-state index is 0.704. The lowest BCUT2D eigenvalue weighted by Crippen LogP contribution is -2.02. The van der Waals surface area contributed by atoms with Crippen molar-refractivity contribution in [1.29, 1.82) is 0 Å². The van der Waals surface area contributed by atoms with Gasteiger partial charge >= 0.3 is 0 Å². The molecule has 2 aromatic rings. The van der Waals surface area contributed by atoms with Gasteiger partial charge in [-0.05, 0) is 18.6 Å². The van der Waals surface area contributed by atoms with Gasteiger partial charge in [-0.1, -0.05) is 25.1 Å². The predicted octanol–water partition coefficient (Wildman–Crippen LogP) is 3.17. The van der Waals surface area contributed by atoms with Gasteiger partial charge in [-0.2, -0.15) is 0 Å². The van der Waals surface area contributed by atoms with Gasteiger partial charge in [0.1, 0.15) is 5.82 Å². The molecule has 0 bridgehead atoms. The van der Waals surface area contributed by atoms with Crippen molar-refractivity contribution in [2.45, 2.75) is 13.3 Å². The van der Waals surface area contributed by atoms with Crippen LogP contribution < -0.4 is 5.32 Å². The zero-order valence-electron chi connectivity index (χ0n) is 11.5. The number of hydrogen-bond donors (Lipinski definition) is 1. The third-order valence-corrected chi connectivity index (χ3v) is 2.79. The van der Waals surface area contributed by atoms with Gasteiger partial charge in [0.15, 0.2) is 5.82 Å². The number of aromatic nitrogens is 2. The number of nitrogens with zero attached hydrogens (tertiary/aromatic N) is 3. The number of anilines is 1. The van der Waals surface area contributed by atoms with Gasteiger partial charge in [-0.3, -0.25) is 4.99 Å². The van der Waals surface area contributed by atoms with E-state index in [0.29, 0.717) is 5.82 Å². The summed E-state index contributed by atoms with van der Waals surface area (Å²) in [5, 5.41) is 4.15. The van der Waals surface area contributed by atoms with Crippen molar-refractivity contribution in [2.75, 3.05) is 19.4 Å². The van der Waals surface area contributed by atoms with Crippen LogP contribution in [0.3, 0.4) is 0 Å². The SMILES string of the molecule is CC/C=C(\C=NC)c1nc(NC)c2ccccc2n1. The van der Waals surface area contributed by atoms with E-state index in [1.165, 1.54) is 0 Å². The summed E-state index contributed by atoms with van der Waals surface area (Å²) < 4.78 is 0. The van der Waals surface area contributed by atoms with Crippen molar-refractivity contribution in [3.05, 3.63) is 36.2 Å². The number of benzene rings is 1. The van der Waals surface area contributed by atoms with Crippen LogP contribution >= 0.6 is 0 Å². The summed E-state index contributed by atoms with van der Waals surface area (Å²) in [6, 6.07) is 7.98. The van der Waals surface area contributed by atoms with Crippen molar-refractivity contribution in [3.63, 3.8) is 0 Å². The Hall–Kier alpha value is -2.23. The Morgan fingerprint density at radius 3 is 2.79 bits per heavy atom. The first-order chi connectivity index (χ1) is 9.30. The first-order valence-corrected chi connectivity index (χ1v) is 6.37. The van der Waals surface area contributed by atoms with E-state index >= 15 is 0 Å². The van der Waals surface area contributed by atoms with Crippen molar-refractivity contribution >= 4 is 28.5 Å². The molecular formula is C15H18N4. The second kappa shape index (κ2) is 6.09. The predicted molar refractivity (Wildman–Crippen MR) is 81.8 cm³/mol. The molecule has 0 amide bonds. The van der Waals surface area contributed by atoms with Crippen LogP contribution in [0.25, 0.3) is 16.5 Å². The van der Waals surface area contributed by atoms with Crippen LogP contribution in [0, 0.1) is 0 Å². The fourth-order valence-corrected chi connectivity index (χ4v) is 1.96. The van der Waals surface area contributed by atoms with Gasteiger partial charge < -0.3 is 5.32 Å². The standard InChI is InChI=1S/C15H18N4/c1-4-7-11(10-16-2)14-18-13-9-6-5-8-12(13)15(17-3)19-14/h5-10H,4H2,1-3H3,(H,17,18,19)/b11-7+,16-10?. The molecule has 1 N–H and O–H groups in total. The Morgan fingerprint density at radius 2 is 2.11 bits per heavy atom. The molecule has 1 aromatic heterocycles. The third kappa shape index (κ3) is 2.78. The lowest BCUT2D eigenvalue weighted by atomic mass is 10.2. The average molecular weight is 254 g/mol. The van der Waals surface area contributed by atoms with Crippen LogP contribution in [0.2, 0.25) is 0 Å². The molecule has 2 rings (SSSR count). The van der Waals surface area contributed by atoms with Crippen molar-refractivity contribution in [2.24, 2.45) is 4.99 Å². The van der Waals surface area contributed by atoms with E-state index in [1.807, 2.05) is 31.3 Å². The number of rotatable bonds is 4. The molecule has 1 aromatic carbocycles. The van der Waals surface area contributed by atoms with E-state index in [9.17, 15) is 0 Å². The molecule has 0 fully saturated rings. The summed E-state index contributed by atoms with van der Waals surface area (Å²) in [4.78, 5) is 13.3. The zero-order valence-corrected chi connectivity index (χ0v) is 11.5. The van der Waals surface area contributed by atoms with Gasteiger partial charge in [-0.15, -0.1) is 0 Å². The fourth-order valence-electron chi connectivity index (χ4n) is 1.96. The van der Waals surface area contributed by atoms with Crippen molar-refractivity contribution in [1.82, 2.24) is 9.97 Å². The molecule has 0 aliphatic carbocycles. The molecule has 98 valence electrons. The highest BCUT2D eigenvalue weighted by Gasteiger charge is 2.08. The molecule has 0 saturated carbocycles. The summed E-state index contributed by atoms with van der Waals surface area (Å²) in [7, 11) is 3.62. The van der Waals surface area contributed by atoms with Gasteiger partial charge in [0.25, 0.3) is 0 Å². The first-order valence-electron chi connectivity index (χ1n) is 6.37. The van der Waals surface area contributed by atoms with E-state index in [1.54, 1.807) is 13.3 Å². The van der Waals surface area contributed by atoms with E-state index in [4.69, 9.17) is 0 Å². The van der Waals surface area contributed by atoms with Crippen LogP contribution in [-0.2, 0) is 0 Å². The molecular weight excluding hydrogens is 236 g/mol. The van der Waals surface area contributed by atoms with Crippen molar-refractivity contribution < 1.29 is 0 Å². The topological polar surface area (TPSA) is 50.2 Å². The summed E-state index contributed by atoms with van der Waals surface area (Å²) in [5.74, 6) is 1.54. The molecule has 0 aliphatic heterocycles. The van der Waals surface area contributed by atoms with E-state index < -0.39 is 0 Å². The van der Waals surface area contributed by atoms with Crippen LogP contribution in [0.4, 0.5) is 5.82 Å². The number of aliphatic imine (C=N–C) groups is 1. The van der Waals surface area contributed by atoms with E-state index in [2.05, 4.69) is 33.3 Å². The fraction of sp³-hybridized carbons (Fsp3) is 0.267. The highest BCUT2D eigenvalue weighted by atomic mass is 15.0. The van der Waals surface area contributed by atoms with Crippen LogP contribution in [-0.4, -0.2) is 30.3 Å². The van der Waals surface area contributed by atoms with Crippen LogP contribution in [0.1, 0.15) is 19.2 Å². The highest BCUT2D eigenvalue weighted by molar-refractivity contribution is 6.09. The molecule has 0 spiro atoms. The quantitative estimate of drug-likeness (QED) is 0.853. The molecule has 0 unspecified atom stereocenters. The molecule has 0 saturated heterocycles. The van der Waals surface area contributed by atoms with Gasteiger partial charge in [0.2, 0.25) is 0 Å². The molecule has 4 heteroatoms. The molecule has 0 aliphatic rings. The Kier molecular flexibility index (Phi) is 4.23. The highest BCUT2D eigenvalue weighted by Crippen LogP contribution is 2.22. The molecule has 4 nitrogen and oxygen atoms in total. The van der Waals surface area contributed by atoms with Gasteiger partial charge in [0, 0.05) is 31.3 Å². The Morgan fingerprint density at radius 1 is 1.32 bits per heavy atom. The third-order valence-electron chi connectivity index (χ3n) is 2.79. The smallest absolute Gasteiger partial charge is 0.163 e. The van der Waals surface area contributed by atoms with E-state index in [-0.39, 0.29) is 0 Å². The van der Waals surface area contributed by atoms with Crippen LogP contribution in [0.15, 0.2) is 35.3 Å².